The lowest BCUT2D eigenvalue weighted by Gasteiger charge is -2.08. The van der Waals surface area contributed by atoms with E-state index >= 15 is 0 Å². The highest BCUT2D eigenvalue weighted by Gasteiger charge is 2.20. The van der Waals surface area contributed by atoms with E-state index in [1.54, 1.807) is 6.92 Å². The van der Waals surface area contributed by atoms with E-state index in [0.29, 0.717) is 17.9 Å². The molecule has 2 rings (SSSR count). The van der Waals surface area contributed by atoms with Crippen molar-refractivity contribution in [2.75, 3.05) is 5.73 Å². The Hall–Kier alpha value is -2.45. The molecule has 0 aliphatic rings. The van der Waals surface area contributed by atoms with Gasteiger partial charge in [0.25, 0.3) is 5.91 Å². The normalized spacial score (nSPS) is 12.3. The number of nitrogens with one attached hydrogen (secondary N) is 3. The van der Waals surface area contributed by atoms with Gasteiger partial charge in [0.1, 0.15) is 0 Å². The fourth-order valence-corrected chi connectivity index (χ4v) is 1.51. The van der Waals surface area contributed by atoms with Crippen LogP contribution in [-0.4, -0.2) is 36.7 Å². The number of aryl methyl sites for hydroxylation is 1. The summed E-state index contributed by atoms with van der Waals surface area (Å²) >= 11 is 0. The highest BCUT2D eigenvalue weighted by atomic mass is 16.2. The van der Waals surface area contributed by atoms with Crippen molar-refractivity contribution in [1.82, 2.24) is 36.1 Å². The molecular formula is C9H14N8O. The fourth-order valence-electron chi connectivity index (χ4n) is 1.51. The quantitative estimate of drug-likeness (QED) is 0.580. The van der Waals surface area contributed by atoms with Gasteiger partial charge in [-0.2, -0.15) is 10.3 Å². The number of nitrogen functional groups attached to an aromatic ring is 1. The van der Waals surface area contributed by atoms with Crippen LogP contribution in [0.4, 0.5) is 5.69 Å². The zero-order valence-corrected chi connectivity index (χ0v) is 10.1. The molecule has 9 nitrogen and oxygen atoms in total. The molecule has 1 amide bonds. The van der Waals surface area contributed by atoms with Crippen LogP contribution in [-0.2, 0) is 6.42 Å². The monoisotopic (exact) mass is 250 g/mol. The molecule has 96 valence electrons. The maximum Gasteiger partial charge on any atom is 0.274 e. The second-order valence-electron chi connectivity index (χ2n) is 3.78. The summed E-state index contributed by atoms with van der Waals surface area (Å²) in [5, 5.41) is 22.6. The fraction of sp³-hybridized carbons (Fsp3) is 0.444. The number of nitrogens with two attached hydrogens (primary N) is 1. The van der Waals surface area contributed by atoms with Crippen molar-refractivity contribution < 1.29 is 4.79 Å². The first-order valence-electron chi connectivity index (χ1n) is 5.50. The second-order valence-corrected chi connectivity index (χ2v) is 3.78. The van der Waals surface area contributed by atoms with Gasteiger partial charge in [0, 0.05) is 0 Å². The standard InChI is InChI=1S/C9H14N8O/c1-3-5-6(10)7(13-12-5)9(18)11-4(2)8-14-16-17-15-8/h4H,3,10H2,1-2H3,(H,11,18)(H,12,13)(H,14,15,16,17). The summed E-state index contributed by atoms with van der Waals surface area (Å²) in [7, 11) is 0. The number of aromatic amines is 2. The van der Waals surface area contributed by atoms with Gasteiger partial charge in [-0.3, -0.25) is 9.89 Å². The maximum absolute atomic E-state index is 11.9. The van der Waals surface area contributed by atoms with Crippen LogP contribution < -0.4 is 11.1 Å². The summed E-state index contributed by atoms with van der Waals surface area (Å²) in [5.74, 6) is 0.0222. The Balaban J connectivity index is 2.10. The molecule has 18 heavy (non-hydrogen) atoms. The van der Waals surface area contributed by atoms with Crippen LogP contribution in [0.3, 0.4) is 0 Å². The molecule has 0 bridgehead atoms. The first-order valence-corrected chi connectivity index (χ1v) is 5.50. The lowest BCUT2D eigenvalue weighted by molar-refractivity contribution is 0.0934. The van der Waals surface area contributed by atoms with Gasteiger partial charge >= 0.3 is 0 Å². The molecule has 0 aliphatic carbocycles. The molecule has 5 N–H and O–H groups in total. The van der Waals surface area contributed by atoms with Gasteiger partial charge in [-0.1, -0.05) is 12.1 Å². The zero-order chi connectivity index (χ0) is 13.1. The molecule has 2 aromatic rings. The van der Waals surface area contributed by atoms with Gasteiger partial charge in [-0.25, -0.2) is 0 Å². The molecule has 2 aromatic heterocycles. The second kappa shape index (κ2) is 4.82. The molecule has 0 spiro atoms. The van der Waals surface area contributed by atoms with Gasteiger partial charge in [-0.05, 0) is 13.3 Å². The molecule has 0 aromatic carbocycles. The summed E-state index contributed by atoms with van der Waals surface area (Å²) in [6.07, 6.45) is 0.687. The number of carbonyl (C=O) groups excluding carboxylic acids is 1. The van der Waals surface area contributed by atoms with Crippen LogP contribution in [0.15, 0.2) is 0 Å². The van der Waals surface area contributed by atoms with E-state index in [1.807, 2.05) is 6.92 Å². The molecule has 0 saturated carbocycles. The number of anilines is 1. The molecular weight excluding hydrogens is 236 g/mol. The third-order valence-corrected chi connectivity index (χ3v) is 2.55. The van der Waals surface area contributed by atoms with Gasteiger partial charge in [0.2, 0.25) is 0 Å². The highest BCUT2D eigenvalue weighted by molar-refractivity contribution is 5.97. The number of amides is 1. The number of aromatic nitrogens is 6. The Kier molecular flexibility index (Phi) is 3.22. The third-order valence-electron chi connectivity index (χ3n) is 2.55. The van der Waals surface area contributed by atoms with E-state index in [1.165, 1.54) is 0 Å². The lowest BCUT2D eigenvalue weighted by atomic mass is 10.2. The van der Waals surface area contributed by atoms with Gasteiger partial charge in [0.05, 0.1) is 17.4 Å². The van der Waals surface area contributed by atoms with E-state index in [2.05, 4.69) is 36.1 Å². The summed E-state index contributed by atoms with van der Waals surface area (Å²) < 4.78 is 0. The third kappa shape index (κ3) is 2.14. The zero-order valence-electron chi connectivity index (χ0n) is 10.1. The summed E-state index contributed by atoms with van der Waals surface area (Å²) in [5.41, 5.74) is 7.10. The van der Waals surface area contributed by atoms with Crippen molar-refractivity contribution in [3.8, 4) is 0 Å². The molecule has 2 heterocycles. The van der Waals surface area contributed by atoms with Crippen LogP contribution in [0.5, 0.6) is 0 Å². The number of nitrogens with zero attached hydrogens (tertiary/aromatic N) is 4. The minimum atomic E-state index is -0.377. The van der Waals surface area contributed by atoms with Gasteiger partial charge < -0.3 is 11.1 Å². The number of carbonyl (C=O) groups is 1. The van der Waals surface area contributed by atoms with Crippen LogP contribution in [0.1, 0.15) is 41.9 Å². The average molecular weight is 250 g/mol. The largest absolute Gasteiger partial charge is 0.395 e. The van der Waals surface area contributed by atoms with Crippen molar-refractivity contribution in [2.45, 2.75) is 26.3 Å². The first-order chi connectivity index (χ1) is 8.63. The Morgan fingerprint density at radius 1 is 1.50 bits per heavy atom. The SMILES string of the molecule is CCc1[nH]nc(C(=O)NC(C)c2nn[nH]n2)c1N. The van der Waals surface area contributed by atoms with E-state index in [9.17, 15) is 4.79 Å². The Morgan fingerprint density at radius 2 is 2.28 bits per heavy atom. The molecule has 9 heteroatoms. The molecule has 0 saturated heterocycles. The highest BCUT2D eigenvalue weighted by Crippen LogP contribution is 2.15. The van der Waals surface area contributed by atoms with E-state index in [-0.39, 0.29) is 17.6 Å². The minimum absolute atomic E-state index is 0.183. The lowest BCUT2D eigenvalue weighted by Crippen LogP contribution is -2.28. The van der Waals surface area contributed by atoms with Crippen molar-refractivity contribution in [1.29, 1.82) is 0 Å². The van der Waals surface area contributed by atoms with Crippen LogP contribution in [0.25, 0.3) is 0 Å². The van der Waals surface area contributed by atoms with Crippen LogP contribution in [0.2, 0.25) is 0 Å². The first kappa shape index (κ1) is 12.0. The molecule has 1 unspecified atom stereocenters. The molecule has 1 atom stereocenters. The topological polar surface area (TPSA) is 138 Å². The average Bonchev–Trinajstić information content (AvgIpc) is 2.97. The van der Waals surface area contributed by atoms with Crippen molar-refractivity contribution in [3.05, 3.63) is 17.2 Å². The van der Waals surface area contributed by atoms with Crippen LogP contribution in [0, 0.1) is 0 Å². The summed E-state index contributed by atoms with van der Waals surface area (Å²) in [6, 6.07) is -0.377. The predicted octanol–water partition coefficient (Wildman–Crippen LogP) is -0.442. The van der Waals surface area contributed by atoms with Gasteiger partial charge in [0.15, 0.2) is 11.5 Å². The Bertz CT molecular complexity index is 531. The van der Waals surface area contributed by atoms with E-state index in [0.717, 1.165) is 5.69 Å². The predicted molar refractivity (Wildman–Crippen MR) is 62.4 cm³/mol. The Labute approximate surface area is 103 Å². The maximum atomic E-state index is 11.9. The molecule has 0 fully saturated rings. The smallest absolute Gasteiger partial charge is 0.274 e. The summed E-state index contributed by atoms with van der Waals surface area (Å²) in [6.45, 7) is 3.67. The number of hydrogen-bond acceptors (Lipinski definition) is 6. The molecule has 0 radical (unpaired) electrons. The number of tetrazole rings is 1. The van der Waals surface area contributed by atoms with Crippen molar-refractivity contribution in [3.63, 3.8) is 0 Å². The summed E-state index contributed by atoms with van der Waals surface area (Å²) in [4.78, 5) is 11.9. The Morgan fingerprint density at radius 3 is 2.83 bits per heavy atom. The van der Waals surface area contributed by atoms with E-state index in [4.69, 9.17) is 5.73 Å². The molecule has 0 aliphatic heterocycles. The number of hydrogen-bond donors (Lipinski definition) is 4. The number of H-pyrrole nitrogens is 2. The van der Waals surface area contributed by atoms with Crippen molar-refractivity contribution in [2.24, 2.45) is 0 Å². The minimum Gasteiger partial charge on any atom is -0.395 e. The van der Waals surface area contributed by atoms with E-state index < -0.39 is 0 Å². The van der Waals surface area contributed by atoms with Gasteiger partial charge in [-0.15, -0.1) is 10.2 Å². The van der Waals surface area contributed by atoms with Crippen LogP contribution >= 0.6 is 0 Å². The van der Waals surface area contributed by atoms with Crippen molar-refractivity contribution >= 4 is 11.6 Å². The number of rotatable bonds is 4.